The normalized spacial score (nSPS) is 11.0. The van der Waals surface area contributed by atoms with Crippen molar-refractivity contribution in [2.75, 3.05) is 10.7 Å². The number of nitrogens with zero attached hydrogens (tertiary/aromatic N) is 3. The van der Waals surface area contributed by atoms with Gasteiger partial charge in [-0.05, 0) is 19.4 Å². The van der Waals surface area contributed by atoms with E-state index in [-0.39, 0.29) is 0 Å². The summed E-state index contributed by atoms with van der Waals surface area (Å²) in [5.74, 6) is 6.69. The van der Waals surface area contributed by atoms with Gasteiger partial charge in [0.1, 0.15) is 10.6 Å². The molecule has 0 aliphatic rings. The Morgan fingerprint density at radius 3 is 2.86 bits per heavy atom. The van der Waals surface area contributed by atoms with Gasteiger partial charge < -0.3 is 5.32 Å². The van der Waals surface area contributed by atoms with E-state index in [0.717, 1.165) is 28.1 Å². The smallest absolute Gasteiger partial charge is 0.240 e. The topological polar surface area (TPSA) is 88.8 Å². The summed E-state index contributed by atoms with van der Waals surface area (Å²) in [6.07, 6.45) is 0.986. The Morgan fingerprint density at radius 1 is 1.33 bits per heavy atom. The van der Waals surface area contributed by atoms with Crippen molar-refractivity contribution < 1.29 is 0 Å². The number of hydrogen-bond acceptors (Lipinski definition) is 8. The van der Waals surface area contributed by atoms with E-state index in [4.69, 9.17) is 5.84 Å². The van der Waals surface area contributed by atoms with Crippen molar-refractivity contribution in [1.82, 2.24) is 15.0 Å². The first-order chi connectivity index (χ1) is 10.2. The molecular weight excluding hydrogens is 304 g/mol. The molecule has 0 atom stereocenters. The Balaban J connectivity index is 1.95. The number of thiazole rings is 1. The van der Waals surface area contributed by atoms with E-state index in [9.17, 15) is 0 Å². The minimum Gasteiger partial charge on any atom is -0.364 e. The molecule has 0 fully saturated rings. The lowest BCUT2D eigenvalue weighted by Gasteiger charge is -2.07. The molecule has 0 aromatic carbocycles. The van der Waals surface area contributed by atoms with Crippen LogP contribution in [0.25, 0.3) is 10.2 Å². The number of nitrogens with two attached hydrogens (primary N) is 1. The molecule has 21 heavy (non-hydrogen) atoms. The van der Waals surface area contributed by atoms with Gasteiger partial charge in [0.25, 0.3) is 0 Å². The number of rotatable bonds is 5. The maximum Gasteiger partial charge on any atom is 0.240 e. The molecule has 8 heteroatoms. The molecular formula is C13H16N6S2. The number of nitrogens with one attached hydrogen (secondary N) is 2. The molecule has 3 aromatic rings. The van der Waals surface area contributed by atoms with Crippen LogP contribution in [0.5, 0.6) is 0 Å². The van der Waals surface area contributed by atoms with Crippen LogP contribution >= 0.6 is 22.7 Å². The summed E-state index contributed by atoms with van der Waals surface area (Å²) < 4.78 is 0. The van der Waals surface area contributed by atoms with Crippen LogP contribution < -0.4 is 16.6 Å². The summed E-state index contributed by atoms with van der Waals surface area (Å²) in [4.78, 5) is 16.5. The van der Waals surface area contributed by atoms with E-state index in [1.165, 1.54) is 9.75 Å². The zero-order valence-electron chi connectivity index (χ0n) is 11.8. The summed E-state index contributed by atoms with van der Waals surface area (Å²) >= 11 is 3.31. The molecule has 4 N–H and O–H groups in total. The Morgan fingerprint density at radius 2 is 2.19 bits per heavy atom. The highest BCUT2D eigenvalue weighted by Crippen LogP contribution is 2.30. The summed E-state index contributed by atoms with van der Waals surface area (Å²) in [7, 11) is 0. The quantitative estimate of drug-likeness (QED) is 0.495. The van der Waals surface area contributed by atoms with Crippen LogP contribution in [0.1, 0.15) is 22.4 Å². The molecule has 0 bridgehead atoms. The predicted octanol–water partition coefficient (Wildman–Crippen LogP) is 2.92. The van der Waals surface area contributed by atoms with Crippen LogP contribution in [-0.2, 0) is 13.0 Å². The Hall–Kier alpha value is -1.77. The molecule has 3 aromatic heterocycles. The minimum atomic E-state index is 0.426. The highest BCUT2D eigenvalue weighted by Gasteiger charge is 2.11. The number of nitrogen functional groups attached to an aromatic ring is 1. The van der Waals surface area contributed by atoms with Gasteiger partial charge in [-0.25, -0.2) is 15.8 Å². The molecule has 0 saturated heterocycles. The first-order valence-corrected chi connectivity index (χ1v) is 8.30. The zero-order chi connectivity index (χ0) is 14.8. The molecule has 3 heterocycles. The first-order valence-electron chi connectivity index (χ1n) is 6.61. The Labute approximate surface area is 130 Å². The molecule has 0 aliphatic carbocycles. The van der Waals surface area contributed by atoms with Crippen molar-refractivity contribution >= 4 is 44.7 Å². The van der Waals surface area contributed by atoms with E-state index in [1.54, 1.807) is 22.7 Å². The van der Waals surface area contributed by atoms with Crippen molar-refractivity contribution in [3.63, 3.8) is 0 Å². The third-order valence-electron chi connectivity index (χ3n) is 3.18. The van der Waals surface area contributed by atoms with Crippen LogP contribution in [0.2, 0.25) is 0 Å². The third-order valence-corrected chi connectivity index (χ3v) is 5.29. The summed E-state index contributed by atoms with van der Waals surface area (Å²) in [5.41, 5.74) is 5.43. The largest absolute Gasteiger partial charge is 0.364 e. The number of hydrazine groups is 1. The van der Waals surface area contributed by atoms with Gasteiger partial charge in [0.15, 0.2) is 0 Å². The monoisotopic (exact) mass is 320 g/mol. The van der Waals surface area contributed by atoms with E-state index in [1.807, 2.05) is 12.4 Å². The van der Waals surface area contributed by atoms with Gasteiger partial charge in [-0.3, -0.25) is 5.43 Å². The van der Waals surface area contributed by atoms with E-state index in [0.29, 0.717) is 12.5 Å². The average Bonchev–Trinajstić information content (AvgIpc) is 3.10. The molecule has 0 aliphatic heterocycles. The van der Waals surface area contributed by atoms with Crippen molar-refractivity contribution in [1.29, 1.82) is 0 Å². The lowest BCUT2D eigenvalue weighted by Crippen LogP contribution is -2.12. The van der Waals surface area contributed by atoms with Gasteiger partial charge in [-0.1, -0.05) is 6.92 Å². The van der Waals surface area contributed by atoms with Crippen molar-refractivity contribution in [3.05, 3.63) is 27.0 Å². The molecule has 0 spiro atoms. The van der Waals surface area contributed by atoms with Crippen molar-refractivity contribution in [3.8, 4) is 0 Å². The minimum absolute atomic E-state index is 0.426. The fourth-order valence-electron chi connectivity index (χ4n) is 2.00. The van der Waals surface area contributed by atoms with Gasteiger partial charge in [-0.15, -0.1) is 22.7 Å². The lowest BCUT2D eigenvalue weighted by atomic mass is 10.3. The number of aryl methyl sites for hydroxylation is 2. The summed E-state index contributed by atoms with van der Waals surface area (Å²) in [6, 6.07) is 2.14. The van der Waals surface area contributed by atoms with Gasteiger partial charge >= 0.3 is 0 Å². The molecule has 3 rings (SSSR count). The summed E-state index contributed by atoms with van der Waals surface area (Å²) in [6.45, 7) is 4.84. The zero-order valence-corrected chi connectivity index (χ0v) is 13.4. The fraction of sp³-hybridized carbons (Fsp3) is 0.308. The second kappa shape index (κ2) is 5.92. The fourth-order valence-corrected chi connectivity index (χ4v) is 3.69. The van der Waals surface area contributed by atoms with Crippen molar-refractivity contribution in [2.45, 2.75) is 26.8 Å². The Kier molecular flexibility index (Phi) is 4.00. The number of aromatic nitrogens is 3. The highest BCUT2D eigenvalue weighted by atomic mass is 32.1. The second-order valence-electron chi connectivity index (χ2n) is 4.54. The van der Waals surface area contributed by atoms with Crippen LogP contribution in [0, 0.1) is 6.92 Å². The number of fused-ring (bicyclic) bond motifs is 1. The van der Waals surface area contributed by atoms with Crippen LogP contribution in [0.15, 0.2) is 11.6 Å². The maximum atomic E-state index is 5.46. The van der Waals surface area contributed by atoms with E-state index < -0.39 is 0 Å². The molecule has 0 amide bonds. The van der Waals surface area contributed by atoms with Crippen LogP contribution in [0.4, 0.5) is 11.8 Å². The number of anilines is 2. The Bertz CT molecular complexity index is 763. The second-order valence-corrected chi connectivity index (χ2v) is 6.59. The first kappa shape index (κ1) is 14.2. The molecule has 0 radical (unpaired) electrons. The maximum absolute atomic E-state index is 5.46. The SMILES string of the molecule is CCc1cc2c(NCc3scnc3C)nc(NN)nc2s1. The summed E-state index contributed by atoms with van der Waals surface area (Å²) in [5, 5.41) is 4.41. The average molecular weight is 320 g/mol. The van der Waals surface area contributed by atoms with Gasteiger partial charge in [0.2, 0.25) is 5.95 Å². The van der Waals surface area contributed by atoms with Gasteiger partial charge in [0, 0.05) is 9.75 Å². The van der Waals surface area contributed by atoms with E-state index in [2.05, 4.69) is 38.7 Å². The molecule has 0 unspecified atom stereocenters. The standard InChI is InChI=1S/C13H16N6S2/c1-3-8-4-9-11(15-5-10-7(2)16-6-20-10)17-13(19-14)18-12(9)21-8/h4,6H,3,5,14H2,1-2H3,(H2,15,17,18,19). The molecule has 110 valence electrons. The van der Waals surface area contributed by atoms with Crippen LogP contribution in [0.3, 0.4) is 0 Å². The molecule has 6 nitrogen and oxygen atoms in total. The lowest BCUT2D eigenvalue weighted by molar-refractivity contribution is 1.08. The predicted molar refractivity (Wildman–Crippen MR) is 88.8 cm³/mol. The van der Waals surface area contributed by atoms with Crippen molar-refractivity contribution in [2.24, 2.45) is 5.84 Å². The van der Waals surface area contributed by atoms with E-state index >= 15 is 0 Å². The number of thiophene rings is 1. The van der Waals surface area contributed by atoms with Crippen LogP contribution in [-0.4, -0.2) is 15.0 Å². The number of hydrogen-bond donors (Lipinski definition) is 3. The van der Waals surface area contributed by atoms with Gasteiger partial charge in [-0.2, -0.15) is 4.98 Å². The van der Waals surface area contributed by atoms with Gasteiger partial charge in [0.05, 0.1) is 23.1 Å². The highest BCUT2D eigenvalue weighted by molar-refractivity contribution is 7.18. The third kappa shape index (κ3) is 2.82. The molecule has 0 saturated carbocycles.